The second-order valence-corrected chi connectivity index (χ2v) is 22.0. The van der Waals surface area contributed by atoms with Gasteiger partial charge >= 0.3 is 17.9 Å². The lowest BCUT2D eigenvalue weighted by atomic mass is 10.0. The molecule has 0 amide bonds. The van der Waals surface area contributed by atoms with E-state index in [0.717, 1.165) is 109 Å². The number of allylic oxidation sites excluding steroid dienone is 14. The van der Waals surface area contributed by atoms with Crippen molar-refractivity contribution in [3.05, 3.63) is 85.1 Å². The van der Waals surface area contributed by atoms with E-state index in [9.17, 15) is 14.4 Å². The van der Waals surface area contributed by atoms with E-state index in [1.54, 1.807) is 0 Å². The van der Waals surface area contributed by atoms with Crippen LogP contribution < -0.4 is 0 Å². The molecule has 0 aliphatic carbocycles. The molecule has 0 saturated heterocycles. The van der Waals surface area contributed by atoms with E-state index >= 15 is 0 Å². The number of carbonyl (C=O) groups is 3. The van der Waals surface area contributed by atoms with E-state index in [1.807, 2.05) is 0 Å². The van der Waals surface area contributed by atoms with Crippen LogP contribution in [0, 0.1) is 0 Å². The second kappa shape index (κ2) is 65.1. The summed E-state index contributed by atoms with van der Waals surface area (Å²) in [4.78, 5) is 38.2. The second-order valence-electron chi connectivity index (χ2n) is 22.0. The van der Waals surface area contributed by atoms with Crippen molar-refractivity contribution >= 4 is 17.9 Å². The quantitative estimate of drug-likeness (QED) is 0.0261. The van der Waals surface area contributed by atoms with Crippen LogP contribution >= 0.6 is 0 Å². The van der Waals surface area contributed by atoms with Gasteiger partial charge in [-0.2, -0.15) is 0 Å². The van der Waals surface area contributed by atoms with Crippen LogP contribution in [0.5, 0.6) is 0 Å². The average molecular weight is 1070 g/mol. The first kappa shape index (κ1) is 73.6. The van der Waals surface area contributed by atoms with Crippen molar-refractivity contribution in [1.29, 1.82) is 0 Å². The summed E-state index contributed by atoms with van der Waals surface area (Å²) in [7, 11) is 0. The van der Waals surface area contributed by atoms with Gasteiger partial charge in [0.1, 0.15) is 13.2 Å². The topological polar surface area (TPSA) is 78.9 Å². The Labute approximate surface area is 477 Å². The van der Waals surface area contributed by atoms with E-state index in [1.165, 1.54) is 180 Å². The summed E-state index contributed by atoms with van der Waals surface area (Å²) >= 11 is 0. The molecule has 0 aromatic carbocycles. The third kappa shape index (κ3) is 63.3. The fraction of sp³-hybridized carbons (Fsp3) is 0.761. The van der Waals surface area contributed by atoms with Crippen molar-refractivity contribution in [3.8, 4) is 0 Å². The van der Waals surface area contributed by atoms with Crippen molar-refractivity contribution in [2.75, 3.05) is 13.2 Å². The zero-order chi connectivity index (χ0) is 55.7. The van der Waals surface area contributed by atoms with E-state index in [0.29, 0.717) is 19.3 Å². The van der Waals surface area contributed by atoms with Crippen LogP contribution in [0.1, 0.15) is 329 Å². The van der Waals surface area contributed by atoms with Gasteiger partial charge in [0.25, 0.3) is 0 Å². The Kier molecular flexibility index (Phi) is 62.2. The van der Waals surface area contributed by atoms with Gasteiger partial charge < -0.3 is 14.2 Å². The fourth-order valence-corrected chi connectivity index (χ4v) is 9.48. The van der Waals surface area contributed by atoms with Gasteiger partial charge in [0.05, 0.1) is 0 Å². The number of esters is 3. The number of unbranched alkanes of at least 4 members (excludes halogenated alkanes) is 35. The van der Waals surface area contributed by atoms with Gasteiger partial charge in [-0.15, -0.1) is 0 Å². The molecule has 0 aliphatic heterocycles. The Morgan fingerprint density at radius 2 is 0.506 bits per heavy atom. The summed E-state index contributed by atoms with van der Waals surface area (Å²) in [6, 6.07) is 0. The molecule has 0 bridgehead atoms. The molecule has 0 fully saturated rings. The Morgan fingerprint density at radius 3 is 0.792 bits per heavy atom. The first-order valence-electron chi connectivity index (χ1n) is 33.1. The normalized spacial score (nSPS) is 12.6. The van der Waals surface area contributed by atoms with E-state index in [2.05, 4.69) is 106 Å². The minimum Gasteiger partial charge on any atom is -0.462 e. The molecule has 0 spiro atoms. The monoisotopic (exact) mass is 1070 g/mol. The fourth-order valence-electron chi connectivity index (χ4n) is 9.48. The maximum Gasteiger partial charge on any atom is 0.306 e. The zero-order valence-electron chi connectivity index (χ0n) is 51.0. The van der Waals surface area contributed by atoms with Gasteiger partial charge in [-0.1, -0.05) is 318 Å². The standard InChI is InChI=1S/C71H124O6/c1-4-7-10-13-16-19-21-23-25-27-29-31-32-33-34-35-36-37-38-40-41-43-45-47-49-52-55-58-61-64-70(73)76-67-68(66-75-69(72)63-60-57-54-51-18-15-12-9-6-3)77-71(74)65-62-59-56-53-50-48-46-44-42-39-30-28-26-24-22-20-17-14-11-8-5-2/h7,10,16,19,23,25,29,31,33-34,36-37,40-41,68H,4-6,8-9,11-15,17-18,20-22,24,26-28,30,32,35,38-39,42-67H2,1-3H3/b10-7-,19-16-,25-23-,31-29-,34-33-,37-36-,41-40-. The molecule has 0 aliphatic rings. The molecule has 77 heavy (non-hydrogen) atoms. The molecule has 0 aromatic rings. The molecule has 1 atom stereocenters. The maximum absolute atomic E-state index is 12.9. The third-order valence-electron chi connectivity index (χ3n) is 14.4. The third-order valence-corrected chi connectivity index (χ3v) is 14.4. The van der Waals surface area contributed by atoms with E-state index < -0.39 is 6.10 Å². The number of carbonyl (C=O) groups excluding carboxylic acids is 3. The maximum atomic E-state index is 12.9. The summed E-state index contributed by atoms with van der Waals surface area (Å²) in [5.41, 5.74) is 0. The molecule has 0 rings (SSSR count). The number of hydrogen-bond donors (Lipinski definition) is 0. The van der Waals surface area contributed by atoms with Crippen molar-refractivity contribution < 1.29 is 28.6 Å². The zero-order valence-corrected chi connectivity index (χ0v) is 51.0. The molecule has 0 saturated carbocycles. The molecular formula is C71H124O6. The highest BCUT2D eigenvalue weighted by atomic mass is 16.6. The van der Waals surface area contributed by atoms with Crippen LogP contribution in [0.15, 0.2) is 85.1 Å². The van der Waals surface area contributed by atoms with Crippen molar-refractivity contribution in [2.24, 2.45) is 0 Å². The molecule has 0 N–H and O–H groups in total. The lowest BCUT2D eigenvalue weighted by Gasteiger charge is -2.18. The lowest BCUT2D eigenvalue weighted by Crippen LogP contribution is -2.30. The van der Waals surface area contributed by atoms with Gasteiger partial charge in [-0.3, -0.25) is 14.4 Å². The Hall–Kier alpha value is -3.41. The highest BCUT2D eigenvalue weighted by Gasteiger charge is 2.19. The van der Waals surface area contributed by atoms with Gasteiger partial charge in [0, 0.05) is 19.3 Å². The minimum atomic E-state index is -0.778. The number of hydrogen-bond acceptors (Lipinski definition) is 6. The van der Waals surface area contributed by atoms with Gasteiger partial charge in [-0.25, -0.2) is 0 Å². The largest absolute Gasteiger partial charge is 0.462 e. The molecule has 6 nitrogen and oxygen atoms in total. The number of ether oxygens (including phenoxy) is 3. The summed E-state index contributed by atoms with van der Waals surface area (Å²) in [5, 5.41) is 0. The molecular weight excluding hydrogens is 949 g/mol. The van der Waals surface area contributed by atoms with E-state index in [4.69, 9.17) is 14.2 Å². The Balaban J connectivity index is 4.21. The minimum absolute atomic E-state index is 0.0755. The van der Waals surface area contributed by atoms with Crippen molar-refractivity contribution in [1.82, 2.24) is 0 Å². The molecule has 0 radical (unpaired) electrons. The predicted molar refractivity (Wildman–Crippen MR) is 334 cm³/mol. The van der Waals surface area contributed by atoms with Gasteiger partial charge in [0.2, 0.25) is 0 Å². The Bertz CT molecular complexity index is 1470. The highest BCUT2D eigenvalue weighted by Crippen LogP contribution is 2.17. The van der Waals surface area contributed by atoms with Crippen LogP contribution in [0.4, 0.5) is 0 Å². The van der Waals surface area contributed by atoms with Gasteiger partial charge in [-0.05, 0) is 77.0 Å². The van der Waals surface area contributed by atoms with Crippen LogP contribution in [0.2, 0.25) is 0 Å². The van der Waals surface area contributed by atoms with Crippen molar-refractivity contribution in [3.63, 3.8) is 0 Å². The van der Waals surface area contributed by atoms with Crippen LogP contribution in [0.3, 0.4) is 0 Å². The molecule has 6 heteroatoms. The summed E-state index contributed by atoms with van der Waals surface area (Å²) in [5.74, 6) is -0.874. The summed E-state index contributed by atoms with van der Waals surface area (Å²) in [6.45, 7) is 6.54. The first-order chi connectivity index (χ1) is 38.0. The lowest BCUT2D eigenvalue weighted by molar-refractivity contribution is -0.167. The van der Waals surface area contributed by atoms with Crippen LogP contribution in [-0.4, -0.2) is 37.2 Å². The highest BCUT2D eigenvalue weighted by molar-refractivity contribution is 5.71. The number of rotatable bonds is 60. The summed E-state index contributed by atoms with van der Waals surface area (Å²) in [6.07, 6.45) is 86.1. The van der Waals surface area contributed by atoms with Crippen LogP contribution in [-0.2, 0) is 28.6 Å². The molecule has 0 aromatic heterocycles. The molecule has 1 unspecified atom stereocenters. The van der Waals surface area contributed by atoms with Gasteiger partial charge in [0.15, 0.2) is 6.10 Å². The van der Waals surface area contributed by atoms with E-state index in [-0.39, 0.29) is 31.1 Å². The van der Waals surface area contributed by atoms with Crippen molar-refractivity contribution in [2.45, 2.75) is 335 Å². The molecule has 0 heterocycles. The molecule has 444 valence electrons. The predicted octanol–water partition coefficient (Wildman–Crippen LogP) is 22.7. The SMILES string of the molecule is CC/C=C\C/C=C\C/C=C\C/C=C\C/C=C\C/C=C\C/C=C\CCCCCCCCCC(=O)OCC(COC(=O)CCCCCCCCCCC)OC(=O)CCCCCCCCCCCCCCCCCCCCCCC. The van der Waals surface area contributed by atoms with Crippen LogP contribution in [0.25, 0.3) is 0 Å². The summed E-state index contributed by atoms with van der Waals surface area (Å²) < 4.78 is 16.9. The average Bonchev–Trinajstić information content (AvgIpc) is 3.43. The first-order valence-corrected chi connectivity index (χ1v) is 33.1. The Morgan fingerprint density at radius 1 is 0.273 bits per heavy atom. The smallest absolute Gasteiger partial charge is 0.306 e.